The number of esters is 3. The first-order valence-corrected chi connectivity index (χ1v) is 31.4. The standard InChI is InChI=1S/C67H118O6/c1-4-7-10-13-16-19-22-25-28-30-32-33-35-36-39-42-45-48-51-54-57-60-66(69)72-63-64(62-71-65(68)59-56-53-50-47-44-41-38-27-24-21-18-15-12-9-6-3)73-67(70)61-58-55-52-49-46-43-40-37-34-31-29-26-23-20-17-14-11-8-5-2/h8,11,17,20,26-27,29,34,37-38,43,46,64H,4-7,9-10,12-16,18-19,21-25,28,30-33,35-36,39-42,44-45,47-63H2,1-3H3/b11-8-,20-17-,29-26-,37-34-,38-27-,46-43-. The maximum absolute atomic E-state index is 12.9. The van der Waals surface area contributed by atoms with Crippen LogP contribution in [0.25, 0.3) is 0 Å². The van der Waals surface area contributed by atoms with Crippen molar-refractivity contribution >= 4 is 17.9 Å². The molecule has 0 saturated carbocycles. The largest absolute Gasteiger partial charge is 0.462 e. The second-order valence-corrected chi connectivity index (χ2v) is 20.9. The summed E-state index contributed by atoms with van der Waals surface area (Å²) in [6.07, 6.45) is 79.0. The smallest absolute Gasteiger partial charge is 0.306 e. The van der Waals surface area contributed by atoms with Crippen LogP contribution in [0.2, 0.25) is 0 Å². The molecular formula is C67H118O6. The maximum Gasteiger partial charge on any atom is 0.306 e. The lowest BCUT2D eigenvalue weighted by atomic mass is 10.0. The van der Waals surface area contributed by atoms with Crippen LogP contribution in [0.5, 0.6) is 0 Å². The molecule has 0 spiro atoms. The highest BCUT2D eigenvalue weighted by molar-refractivity contribution is 5.71. The molecule has 0 aliphatic heterocycles. The molecule has 0 aromatic rings. The van der Waals surface area contributed by atoms with Crippen molar-refractivity contribution in [2.75, 3.05) is 13.2 Å². The summed E-state index contributed by atoms with van der Waals surface area (Å²) in [5.41, 5.74) is 0. The van der Waals surface area contributed by atoms with Crippen molar-refractivity contribution in [2.24, 2.45) is 0 Å². The second kappa shape index (κ2) is 61.4. The minimum atomic E-state index is -0.796. The molecule has 1 atom stereocenters. The Labute approximate surface area is 453 Å². The minimum Gasteiger partial charge on any atom is -0.462 e. The molecule has 0 bridgehead atoms. The summed E-state index contributed by atoms with van der Waals surface area (Å²) in [7, 11) is 0. The monoisotopic (exact) mass is 1020 g/mol. The van der Waals surface area contributed by atoms with Crippen LogP contribution in [0.1, 0.15) is 316 Å². The molecule has 73 heavy (non-hydrogen) atoms. The Morgan fingerprint density at radius 2 is 0.534 bits per heavy atom. The summed E-state index contributed by atoms with van der Waals surface area (Å²) in [5, 5.41) is 0. The van der Waals surface area contributed by atoms with Gasteiger partial charge in [0.2, 0.25) is 0 Å². The van der Waals surface area contributed by atoms with E-state index in [1.54, 1.807) is 0 Å². The van der Waals surface area contributed by atoms with E-state index in [0.717, 1.165) is 103 Å². The van der Waals surface area contributed by atoms with Gasteiger partial charge in [0.05, 0.1) is 0 Å². The van der Waals surface area contributed by atoms with E-state index in [2.05, 4.69) is 93.7 Å². The number of rotatable bonds is 57. The van der Waals surface area contributed by atoms with Crippen molar-refractivity contribution in [3.8, 4) is 0 Å². The van der Waals surface area contributed by atoms with E-state index in [9.17, 15) is 14.4 Å². The van der Waals surface area contributed by atoms with Gasteiger partial charge in [-0.1, -0.05) is 280 Å². The topological polar surface area (TPSA) is 78.9 Å². The predicted octanol–water partition coefficient (Wildman–Crippen LogP) is 21.3. The Morgan fingerprint density at radius 3 is 0.863 bits per heavy atom. The summed E-state index contributed by atoms with van der Waals surface area (Å²) in [6, 6.07) is 0. The van der Waals surface area contributed by atoms with Gasteiger partial charge < -0.3 is 14.2 Å². The zero-order chi connectivity index (χ0) is 52.9. The fraction of sp³-hybridized carbons (Fsp3) is 0.776. The quantitative estimate of drug-likeness (QED) is 0.0261. The predicted molar refractivity (Wildman–Crippen MR) is 316 cm³/mol. The number of allylic oxidation sites excluding steroid dienone is 12. The molecule has 0 radical (unpaired) electrons. The van der Waals surface area contributed by atoms with Gasteiger partial charge in [-0.15, -0.1) is 0 Å². The first kappa shape index (κ1) is 69.8. The molecule has 6 heteroatoms. The average molecular weight is 1020 g/mol. The van der Waals surface area contributed by atoms with E-state index < -0.39 is 6.10 Å². The third kappa shape index (κ3) is 59.6. The first-order chi connectivity index (χ1) is 36.0. The number of ether oxygens (including phenoxy) is 3. The Balaban J connectivity index is 4.40. The van der Waals surface area contributed by atoms with Gasteiger partial charge in [-0.25, -0.2) is 0 Å². The SMILES string of the molecule is CC/C=C\C/C=C\C/C=C\C/C=C\C/C=C\CCCCCC(=O)OC(COC(=O)CCCCCCC/C=C\CCCCCCCC)COC(=O)CCCCCCCCCCCCCCCCCCCCCCC. The maximum atomic E-state index is 12.9. The van der Waals surface area contributed by atoms with E-state index >= 15 is 0 Å². The van der Waals surface area contributed by atoms with Crippen LogP contribution in [0.4, 0.5) is 0 Å². The van der Waals surface area contributed by atoms with E-state index in [1.807, 2.05) is 0 Å². The highest BCUT2D eigenvalue weighted by Gasteiger charge is 2.19. The lowest BCUT2D eigenvalue weighted by Crippen LogP contribution is -2.30. The normalized spacial score (nSPS) is 12.5. The zero-order valence-corrected chi connectivity index (χ0v) is 48.4. The van der Waals surface area contributed by atoms with Gasteiger partial charge >= 0.3 is 17.9 Å². The summed E-state index contributed by atoms with van der Waals surface area (Å²) >= 11 is 0. The molecule has 1 unspecified atom stereocenters. The highest BCUT2D eigenvalue weighted by Crippen LogP contribution is 2.17. The van der Waals surface area contributed by atoms with E-state index in [-0.39, 0.29) is 31.1 Å². The Morgan fingerprint density at radius 1 is 0.288 bits per heavy atom. The van der Waals surface area contributed by atoms with Crippen LogP contribution in [-0.2, 0) is 28.6 Å². The Kier molecular flexibility index (Phi) is 58.7. The molecule has 0 aromatic carbocycles. The van der Waals surface area contributed by atoms with Crippen LogP contribution in [0.15, 0.2) is 72.9 Å². The van der Waals surface area contributed by atoms with E-state index in [4.69, 9.17) is 14.2 Å². The fourth-order valence-corrected chi connectivity index (χ4v) is 9.00. The average Bonchev–Trinajstić information content (AvgIpc) is 3.39. The molecule has 0 aromatic heterocycles. The fourth-order valence-electron chi connectivity index (χ4n) is 9.00. The Bertz CT molecular complexity index is 1360. The first-order valence-electron chi connectivity index (χ1n) is 31.4. The second-order valence-electron chi connectivity index (χ2n) is 20.9. The van der Waals surface area contributed by atoms with Crippen LogP contribution in [-0.4, -0.2) is 37.2 Å². The van der Waals surface area contributed by atoms with E-state index in [0.29, 0.717) is 19.3 Å². The van der Waals surface area contributed by atoms with Crippen molar-refractivity contribution in [2.45, 2.75) is 322 Å². The third-order valence-corrected chi connectivity index (χ3v) is 13.7. The van der Waals surface area contributed by atoms with Crippen molar-refractivity contribution in [1.82, 2.24) is 0 Å². The number of hydrogen-bond donors (Lipinski definition) is 0. The van der Waals surface area contributed by atoms with Gasteiger partial charge in [-0.3, -0.25) is 14.4 Å². The molecule has 0 aliphatic carbocycles. The molecule has 0 rings (SSSR count). The van der Waals surface area contributed by atoms with Gasteiger partial charge in [0.15, 0.2) is 6.10 Å². The number of hydrogen-bond acceptors (Lipinski definition) is 6. The van der Waals surface area contributed by atoms with Crippen molar-refractivity contribution in [3.63, 3.8) is 0 Å². The molecule has 0 amide bonds. The zero-order valence-electron chi connectivity index (χ0n) is 48.4. The van der Waals surface area contributed by atoms with Crippen molar-refractivity contribution in [1.29, 1.82) is 0 Å². The Hall–Kier alpha value is -3.15. The molecule has 6 nitrogen and oxygen atoms in total. The van der Waals surface area contributed by atoms with Gasteiger partial charge in [0.1, 0.15) is 13.2 Å². The van der Waals surface area contributed by atoms with Crippen LogP contribution < -0.4 is 0 Å². The molecule has 0 saturated heterocycles. The molecule has 422 valence electrons. The number of unbranched alkanes of at least 4 members (excludes halogenated alkanes) is 34. The van der Waals surface area contributed by atoms with Gasteiger partial charge in [-0.05, 0) is 89.9 Å². The minimum absolute atomic E-state index is 0.0887. The molecule has 0 aliphatic rings. The van der Waals surface area contributed by atoms with Crippen LogP contribution in [0.3, 0.4) is 0 Å². The summed E-state index contributed by atoms with van der Waals surface area (Å²) < 4.78 is 16.9. The highest BCUT2D eigenvalue weighted by atomic mass is 16.6. The van der Waals surface area contributed by atoms with E-state index in [1.165, 1.54) is 173 Å². The van der Waals surface area contributed by atoms with Crippen molar-refractivity contribution < 1.29 is 28.6 Å². The summed E-state index contributed by atoms with van der Waals surface area (Å²) in [4.78, 5) is 38.3. The molecule has 0 fully saturated rings. The van der Waals surface area contributed by atoms with Crippen LogP contribution >= 0.6 is 0 Å². The third-order valence-electron chi connectivity index (χ3n) is 13.7. The van der Waals surface area contributed by atoms with Gasteiger partial charge in [0.25, 0.3) is 0 Å². The number of carbonyl (C=O) groups is 3. The van der Waals surface area contributed by atoms with Crippen LogP contribution in [0, 0.1) is 0 Å². The molecule has 0 N–H and O–H groups in total. The summed E-state index contributed by atoms with van der Waals surface area (Å²) in [5.74, 6) is -0.915. The van der Waals surface area contributed by atoms with Gasteiger partial charge in [0, 0.05) is 19.3 Å². The molecule has 0 heterocycles. The summed E-state index contributed by atoms with van der Waals surface area (Å²) in [6.45, 7) is 6.53. The lowest BCUT2D eigenvalue weighted by molar-refractivity contribution is -0.167. The van der Waals surface area contributed by atoms with Crippen molar-refractivity contribution in [3.05, 3.63) is 72.9 Å². The number of carbonyl (C=O) groups excluding carboxylic acids is 3. The van der Waals surface area contributed by atoms with Gasteiger partial charge in [-0.2, -0.15) is 0 Å². The lowest BCUT2D eigenvalue weighted by Gasteiger charge is -2.18. The molecular weight excluding hydrogens is 901 g/mol.